The summed E-state index contributed by atoms with van der Waals surface area (Å²) in [5, 5.41) is 3.42. The van der Waals surface area contributed by atoms with Crippen molar-refractivity contribution in [2.75, 3.05) is 26.9 Å². The monoisotopic (exact) mass is 267 g/mol. The van der Waals surface area contributed by atoms with Crippen molar-refractivity contribution in [1.29, 1.82) is 0 Å². The number of hydrogen-bond acceptors (Lipinski definition) is 4. The summed E-state index contributed by atoms with van der Waals surface area (Å²) in [5.41, 5.74) is 1.22. The zero-order chi connectivity index (χ0) is 14.1. The van der Waals surface area contributed by atoms with Crippen molar-refractivity contribution in [2.45, 2.75) is 33.1 Å². The maximum Gasteiger partial charge on any atom is 0.169 e. The maximum absolute atomic E-state index is 5.50. The number of methoxy groups -OCH3 is 1. The third-order valence-electron chi connectivity index (χ3n) is 2.91. The first-order valence-electron chi connectivity index (χ1n) is 6.81. The van der Waals surface area contributed by atoms with Crippen molar-refractivity contribution in [3.63, 3.8) is 0 Å². The molecule has 0 saturated heterocycles. The van der Waals surface area contributed by atoms with E-state index in [2.05, 4.69) is 24.4 Å². The van der Waals surface area contributed by atoms with Crippen molar-refractivity contribution >= 4 is 0 Å². The molecule has 1 N–H and O–H groups in total. The van der Waals surface area contributed by atoms with Crippen LogP contribution < -0.4 is 10.1 Å². The third-order valence-corrected chi connectivity index (χ3v) is 2.91. The molecular formula is C15H25NO3. The first kappa shape index (κ1) is 16.0. The molecule has 1 aromatic carbocycles. The van der Waals surface area contributed by atoms with Gasteiger partial charge in [-0.05, 0) is 38.5 Å². The zero-order valence-corrected chi connectivity index (χ0v) is 12.3. The van der Waals surface area contributed by atoms with E-state index in [0.29, 0.717) is 19.8 Å². The zero-order valence-electron chi connectivity index (χ0n) is 12.3. The predicted octanol–water partition coefficient (Wildman–Crippen LogP) is 2.74. The summed E-state index contributed by atoms with van der Waals surface area (Å²) in [5.74, 6) is 0.873. The SMILES string of the molecule is CCOC(CNC(C)c1ccc(OC)cc1)OCC. The minimum atomic E-state index is -0.185. The van der Waals surface area contributed by atoms with E-state index in [1.807, 2.05) is 26.0 Å². The molecule has 0 radical (unpaired) electrons. The molecule has 1 rings (SSSR count). The molecule has 0 aliphatic rings. The molecular weight excluding hydrogens is 242 g/mol. The Labute approximate surface area is 116 Å². The molecule has 4 nitrogen and oxygen atoms in total. The van der Waals surface area contributed by atoms with Crippen molar-refractivity contribution in [3.05, 3.63) is 29.8 Å². The van der Waals surface area contributed by atoms with Crippen molar-refractivity contribution in [1.82, 2.24) is 5.32 Å². The van der Waals surface area contributed by atoms with Crippen LogP contribution in [0.25, 0.3) is 0 Å². The van der Waals surface area contributed by atoms with Gasteiger partial charge < -0.3 is 19.5 Å². The van der Waals surface area contributed by atoms with E-state index in [9.17, 15) is 0 Å². The standard InChI is InChI=1S/C15H25NO3/c1-5-18-15(19-6-2)11-16-12(3)13-7-9-14(17-4)10-8-13/h7-10,12,15-16H,5-6,11H2,1-4H3. The molecule has 0 spiro atoms. The third kappa shape index (κ3) is 5.59. The Morgan fingerprint density at radius 1 is 1.05 bits per heavy atom. The summed E-state index contributed by atoms with van der Waals surface area (Å²) in [7, 11) is 1.67. The van der Waals surface area contributed by atoms with Gasteiger partial charge in [-0.3, -0.25) is 0 Å². The highest BCUT2D eigenvalue weighted by molar-refractivity contribution is 5.28. The first-order chi connectivity index (χ1) is 9.21. The van der Waals surface area contributed by atoms with Crippen LogP contribution in [0.1, 0.15) is 32.4 Å². The van der Waals surface area contributed by atoms with E-state index in [1.165, 1.54) is 5.56 Å². The number of ether oxygens (including phenoxy) is 3. The Balaban J connectivity index is 2.45. The molecule has 0 aliphatic heterocycles. The van der Waals surface area contributed by atoms with Gasteiger partial charge in [0.1, 0.15) is 5.75 Å². The van der Waals surface area contributed by atoms with Gasteiger partial charge in [-0.1, -0.05) is 12.1 Å². The molecule has 0 heterocycles. The van der Waals surface area contributed by atoms with Crippen LogP contribution in [0.5, 0.6) is 5.75 Å². The second-order valence-electron chi connectivity index (χ2n) is 4.24. The van der Waals surface area contributed by atoms with Crippen LogP contribution in [0.4, 0.5) is 0 Å². The van der Waals surface area contributed by atoms with Crippen LogP contribution in [0.3, 0.4) is 0 Å². The number of hydrogen-bond donors (Lipinski definition) is 1. The van der Waals surface area contributed by atoms with E-state index in [-0.39, 0.29) is 12.3 Å². The van der Waals surface area contributed by atoms with Gasteiger partial charge in [-0.2, -0.15) is 0 Å². The average Bonchev–Trinajstić information content (AvgIpc) is 2.45. The largest absolute Gasteiger partial charge is 0.497 e. The summed E-state index contributed by atoms with van der Waals surface area (Å²) in [4.78, 5) is 0. The van der Waals surface area contributed by atoms with Crippen LogP contribution >= 0.6 is 0 Å². The topological polar surface area (TPSA) is 39.7 Å². The highest BCUT2D eigenvalue weighted by atomic mass is 16.7. The summed E-state index contributed by atoms with van der Waals surface area (Å²) in [6.45, 7) is 8.05. The van der Waals surface area contributed by atoms with Gasteiger partial charge in [-0.25, -0.2) is 0 Å². The van der Waals surface area contributed by atoms with E-state index >= 15 is 0 Å². The molecule has 4 heteroatoms. The van der Waals surface area contributed by atoms with E-state index in [0.717, 1.165) is 5.75 Å². The lowest BCUT2D eigenvalue weighted by Crippen LogP contribution is -2.33. The summed E-state index contributed by atoms with van der Waals surface area (Å²) >= 11 is 0. The van der Waals surface area contributed by atoms with Gasteiger partial charge >= 0.3 is 0 Å². The molecule has 0 amide bonds. The minimum absolute atomic E-state index is 0.185. The number of nitrogens with one attached hydrogen (secondary N) is 1. The van der Waals surface area contributed by atoms with Crippen LogP contribution in [0, 0.1) is 0 Å². The fourth-order valence-electron chi connectivity index (χ4n) is 1.82. The van der Waals surface area contributed by atoms with Crippen molar-refractivity contribution in [2.24, 2.45) is 0 Å². The summed E-state index contributed by atoms with van der Waals surface area (Å²) in [6.07, 6.45) is -0.185. The van der Waals surface area contributed by atoms with Gasteiger partial charge in [0.05, 0.1) is 7.11 Å². The quantitative estimate of drug-likeness (QED) is 0.698. The highest BCUT2D eigenvalue weighted by Crippen LogP contribution is 2.17. The Kier molecular flexibility index (Phi) is 7.48. The minimum Gasteiger partial charge on any atom is -0.497 e. The van der Waals surface area contributed by atoms with Crippen molar-refractivity contribution in [3.8, 4) is 5.75 Å². The lowest BCUT2D eigenvalue weighted by Gasteiger charge is -2.21. The molecule has 19 heavy (non-hydrogen) atoms. The van der Waals surface area contributed by atoms with Gasteiger partial charge in [0.25, 0.3) is 0 Å². The summed E-state index contributed by atoms with van der Waals surface area (Å²) in [6, 6.07) is 8.31. The van der Waals surface area contributed by atoms with Gasteiger partial charge in [0.15, 0.2) is 6.29 Å². The fourth-order valence-corrected chi connectivity index (χ4v) is 1.82. The predicted molar refractivity (Wildman–Crippen MR) is 76.5 cm³/mol. The number of rotatable bonds is 9. The molecule has 1 atom stereocenters. The molecule has 1 unspecified atom stereocenters. The van der Waals surface area contributed by atoms with Crippen LogP contribution in [0.15, 0.2) is 24.3 Å². The van der Waals surface area contributed by atoms with E-state index in [1.54, 1.807) is 7.11 Å². The van der Waals surface area contributed by atoms with E-state index < -0.39 is 0 Å². The Morgan fingerprint density at radius 3 is 2.11 bits per heavy atom. The molecule has 0 bridgehead atoms. The highest BCUT2D eigenvalue weighted by Gasteiger charge is 2.11. The maximum atomic E-state index is 5.50. The van der Waals surface area contributed by atoms with Gasteiger partial charge in [-0.15, -0.1) is 0 Å². The normalized spacial score (nSPS) is 12.7. The Morgan fingerprint density at radius 2 is 1.63 bits per heavy atom. The molecule has 108 valence electrons. The fraction of sp³-hybridized carbons (Fsp3) is 0.600. The average molecular weight is 267 g/mol. The van der Waals surface area contributed by atoms with Crippen LogP contribution in [-0.2, 0) is 9.47 Å². The second kappa shape index (κ2) is 8.91. The smallest absolute Gasteiger partial charge is 0.169 e. The lowest BCUT2D eigenvalue weighted by molar-refractivity contribution is -0.133. The Bertz CT molecular complexity index is 334. The molecule has 0 aliphatic carbocycles. The number of benzene rings is 1. The summed E-state index contributed by atoms with van der Waals surface area (Å²) < 4.78 is 16.2. The lowest BCUT2D eigenvalue weighted by atomic mass is 10.1. The molecule has 0 saturated carbocycles. The molecule has 0 aromatic heterocycles. The van der Waals surface area contributed by atoms with Gasteiger partial charge in [0.2, 0.25) is 0 Å². The second-order valence-corrected chi connectivity index (χ2v) is 4.24. The van der Waals surface area contributed by atoms with E-state index in [4.69, 9.17) is 14.2 Å². The van der Waals surface area contributed by atoms with Crippen molar-refractivity contribution < 1.29 is 14.2 Å². The van der Waals surface area contributed by atoms with Crippen LogP contribution in [0.2, 0.25) is 0 Å². The van der Waals surface area contributed by atoms with Crippen LogP contribution in [-0.4, -0.2) is 33.2 Å². The first-order valence-corrected chi connectivity index (χ1v) is 6.81. The Hall–Kier alpha value is -1.10. The molecule has 1 aromatic rings. The molecule has 0 fully saturated rings. The van der Waals surface area contributed by atoms with Gasteiger partial charge in [0, 0.05) is 25.8 Å².